The second-order valence-electron chi connectivity index (χ2n) is 8.16. The first-order chi connectivity index (χ1) is 16.1. The lowest BCUT2D eigenvalue weighted by molar-refractivity contribution is 0.145. The normalized spacial score (nSPS) is 14.8. The number of methoxy groups -OCH3 is 1. The zero-order valence-electron chi connectivity index (χ0n) is 18.6. The number of aliphatic hydroxyl groups excluding tert-OH is 1. The number of hydrogen-bond donors (Lipinski definition) is 2. The van der Waals surface area contributed by atoms with Crippen LogP contribution in [0.2, 0.25) is 5.02 Å². The number of aryl methyl sites for hydroxylation is 1. The monoisotopic (exact) mass is 467 g/mol. The zero-order valence-corrected chi connectivity index (χ0v) is 19.4. The van der Waals surface area contributed by atoms with E-state index >= 15 is 0 Å². The number of aromatic nitrogens is 5. The molecule has 4 heterocycles. The van der Waals surface area contributed by atoms with E-state index in [1.165, 1.54) is 0 Å². The van der Waals surface area contributed by atoms with Crippen LogP contribution in [0.3, 0.4) is 0 Å². The van der Waals surface area contributed by atoms with Gasteiger partial charge >= 0.3 is 0 Å². The van der Waals surface area contributed by atoms with Gasteiger partial charge in [-0.15, -0.1) is 10.2 Å². The summed E-state index contributed by atoms with van der Waals surface area (Å²) >= 11 is 6.28. The Morgan fingerprint density at radius 1 is 1.18 bits per heavy atom. The number of fused-ring (bicyclic) bond motifs is 3. The Bertz CT molecular complexity index is 1300. The van der Waals surface area contributed by atoms with Gasteiger partial charge in [-0.25, -0.2) is 9.67 Å². The minimum atomic E-state index is -0.262. The van der Waals surface area contributed by atoms with Crippen molar-refractivity contribution in [1.82, 2.24) is 25.0 Å². The third-order valence-corrected chi connectivity index (χ3v) is 6.42. The van der Waals surface area contributed by atoms with Gasteiger partial charge in [0.25, 0.3) is 0 Å². The fourth-order valence-corrected chi connectivity index (χ4v) is 4.60. The van der Waals surface area contributed by atoms with E-state index in [1.807, 2.05) is 42.2 Å². The maximum Gasteiger partial charge on any atom is 0.160 e. The number of rotatable bonds is 6. The SMILES string of the molecule is CCn1ncc2c3c(N4CCC(O)CC4)nnc(NCc4ccc(OC)c(Cl)c4)c3cnc21. The molecule has 0 atom stereocenters. The molecular weight excluding hydrogens is 442 g/mol. The minimum Gasteiger partial charge on any atom is -0.495 e. The van der Waals surface area contributed by atoms with Gasteiger partial charge in [-0.1, -0.05) is 17.7 Å². The molecule has 33 heavy (non-hydrogen) atoms. The summed E-state index contributed by atoms with van der Waals surface area (Å²) in [5.74, 6) is 2.09. The maximum atomic E-state index is 9.96. The number of aliphatic hydroxyl groups is 1. The number of anilines is 2. The lowest BCUT2D eigenvalue weighted by atomic mass is 10.1. The van der Waals surface area contributed by atoms with E-state index in [2.05, 4.69) is 30.5 Å². The first-order valence-electron chi connectivity index (χ1n) is 11.1. The minimum absolute atomic E-state index is 0.262. The Balaban J connectivity index is 1.56. The van der Waals surface area contributed by atoms with Crippen molar-refractivity contribution in [2.45, 2.75) is 39.0 Å². The predicted molar refractivity (Wildman–Crippen MR) is 129 cm³/mol. The molecule has 5 rings (SSSR count). The third kappa shape index (κ3) is 4.02. The molecule has 9 nitrogen and oxygen atoms in total. The van der Waals surface area contributed by atoms with Gasteiger partial charge in [0.1, 0.15) is 5.75 Å². The van der Waals surface area contributed by atoms with Gasteiger partial charge in [0, 0.05) is 43.1 Å². The molecule has 1 fully saturated rings. The van der Waals surface area contributed by atoms with Crippen molar-refractivity contribution in [3.8, 4) is 5.75 Å². The molecule has 3 aromatic heterocycles. The van der Waals surface area contributed by atoms with Crippen LogP contribution in [0.4, 0.5) is 11.6 Å². The van der Waals surface area contributed by atoms with Crippen LogP contribution in [0.1, 0.15) is 25.3 Å². The molecule has 4 aromatic rings. The molecule has 1 aromatic carbocycles. The fraction of sp³-hybridized carbons (Fsp3) is 0.391. The molecule has 172 valence electrons. The van der Waals surface area contributed by atoms with Crippen molar-refractivity contribution in [3.63, 3.8) is 0 Å². The Hall–Kier alpha value is -3.17. The van der Waals surface area contributed by atoms with E-state index in [1.54, 1.807) is 7.11 Å². The van der Waals surface area contributed by atoms with Gasteiger partial charge in [-0.2, -0.15) is 5.10 Å². The van der Waals surface area contributed by atoms with Crippen LogP contribution < -0.4 is 15.0 Å². The number of ether oxygens (including phenoxy) is 1. The Morgan fingerprint density at radius 2 is 2.00 bits per heavy atom. The molecular formula is C23H26ClN7O2. The van der Waals surface area contributed by atoms with Gasteiger partial charge in [0.15, 0.2) is 17.3 Å². The Labute approximate surface area is 196 Å². The average Bonchev–Trinajstić information content (AvgIpc) is 3.26. The fourth-order valence-electron chi connectivity index (χ4n) is 4.32. The van der Waals surface area contributed by atoms with Crippen LogP contribution in [0.25, 0.3) is 21.8 Å². The van der Waals surface area contributed by atoms with Gasteiger partial charge < -0.3 is 20.1 Å². The molecule has 10 heteroatoms. The van der Waals surface area contributed by atoms with Crippen LogP contribution in [0.15, 0.2) is 30.6 Å². The number of halogens is 1. The van der Waals surface area contributed by atoms with E-state index in [4.69, 9.17) is 16.3 Å². The van der Waals surface area contributed by atoms with Crippen LogP contribution in [0.5, 0.6) is 5.75 Å². The lowest BCUT2D eigenvalue weighted by Gasteiger charge is -2.31. The first kappa shape index (κ1) is 21.7. The van der Waals surface area contributed by atoms with Crippen LogP contribution in [0, 0.1) is 0 Å². The van der Waals surface area contributed by atoms with Crippen molar-refractivity contribution in [2.75, 3.05) is 30.4 Å². The topological polar surface area (TPSA) is 101 Å². The Kier molecular flexibility index (Phi) is 5.90. The van der Waals surface area contributed by atoms with Crippen LogP contribution in [-0.2, 0) is 13.1 Å². The maximum absolute atomic E-state index is 9.96. The zero-order chi connectivity index (χ0) is 22.9. The van der Waals surface area contributed by atoms with E-state index < -0.39 is 0 Å². The lowest BCUT2D eigenvalue weighted by Crippen LogP contribution is -2.36. The highest BCUT2D eigenvalue weighted by Crippen LogP contribution is 2.35. The van der Waals surface area contributed by atoms with E-state index in [-0.39, 0.29) is 6.10 Å². The summed E-state index contributed by atoms with van der Waals surface area (Å²) in [5.41, 5.74) is 1.82. The summed E-state index contributed by atoms with van der Waals surface area (Å²) < 4.78 is 7.12. The second kappa shape index (κ2) is 8.99. The molecule has 0 radical (unpaired) electrons. The van der Waals surface area contributed by atoms with E-state index in [0.717, 1.165) is 52.8 Å². The summed E-state index contributed by atoms with van der Waals surface area (Å²) in [7, 11) is 1.60. The van der Waals surface area contributed by atoms with E-state index in [9.17, 15) is 5.11 Å². The highest BCUT2D eigenvalue weighted by atomic mass is 35.5. The molecule has 0 spiro atoms. The van der Waals surface area contributed by atoms with Gasteiger partial charge in [-0.05, 0) is 37.5 Å². The number of benzene rings is 1. The molecule has 0 unspecified atom stereocenters. The standard InChI is InChI=1S/C23H26ClN7O2/c1-3-31-22-17(13-27-31)20-16(12-26-22)21(25-11-14-4-5-19(33-2)18(24)10-14)28-29-23(20)30-8-6-15(32)7-9-30/h4-5,10,12-13,15,32H,3,6-9,11H2,1-2H3,(H,25,28). The number of nitrogens with one attached hydrogen (secondary N) is 1. The summed E-state index contributed by atoms with van der Waals surface area (Å²) in [6.45, 7) is 4.76. The molecule has 0 amide bonds. The molecule has 0 aliphatic carbocycles. The molecule has 2 N–H and O–H groups in total. The van der Waals surface area contributed by atoms with Gasteiger partial charge in [0.05, 0.1) is 29.8 Å². The van der Waals surface area contributed by atoms with E-state index in [0.29, 0.717) is 36.0 Å². The van der Waals surface area contributed by atoms with Crippen molar-refractivity contribution in [2.24, 2.45) is 0 Å². The molecule has 0 saturated carbocycles. The largest absolute Gasteiger partial charge is 0.495 e. The number of nitrogens with zero attached hydrogens (tertiary/aromatic N) is 6. The third-order valence-electron chi connectivity index (χ3n) is 6.13. The van der Waals surface area contributed by atoms with Crippen molar-refractivity contribution in [3.05, 3.63) is 41.2 Å². The van der Waals surface area contributed by atoms with Crippen LogP contribution in [-0.4, -0.2) is 56.4 Å². The second-order valence-corrected chi connectivity index (χ2v) is 8.56. The summed E-state index contributed by atoms with van der Waals surface area (Å²) in [4.78, 5) is 6.88. The van der Waals surface area contributed by atoms with Crippen molar-refractivity contribution in [1.29, 1.82) is 0 Å². The first-order valence-corrected chi connectivity index (χ1v) is 11.5. The van der Waals surface area contributed by atoms with Crippen molar-refractivity contribution >= 4 is 45.0 Å². The highest BCUT2D eigenvalue weighted by Gasteiger charge is 2.23. The predicted octanol–water partition coefficient (Wildman–Crippen LogP) is 3.63. The van der Waals surface area contributed by atoms with Gasteiger partial charge in [-0.3, -0.25) is 0 Å². The highest BCUT2D eigenvalue weighted by molar-refractivity contribution is 6.32. The van der Waals surface area contributed by atoms with Gasteiger partial charge in [0.2, 0.25) is 0 Å². The quantitative estimate of drug-likeness (QED) is 0.443. The smallest absolute Gasteiger partial charge is 0.160 e. The Morgan fingerprint density at radius 3 is 2.73 bits per heavy atom. The summed E-state index contributed by atoms with van der Waals surface area (Å²) in [6.07, 6.45) is 4.85. The summed E-state index contributed by atoms with van der Waals surface area (Å²) in [6, 6.07) is 5.68. The van der Waals surface area contributed by atoms with Crippen LogP contribution >= 0.6 is 11.6 Å². The molecule has 1 aliphatic rings. The molecule has 1 saturated heterocycles. The molecule has 0 bridgehead atoms. The number of hydrogen-bond acceptors (Lipinski definition) is 8. The molecule has 1 aliphatic heterocycles. The number of pyridine rings is 1. The van der Waals surface area contributed by atoms with Crippen molar-refractivity contribution < 1.29 is 9.84 Å². The number of piperidine rings is 1. The summed E-state index contributed by atoms with van der Waals surface area (Å²) in [5, 5.41) is 30.4. The average molecular weight is 468 g/mol.